The van der Waals surface area contributed by atoms with Gasteiger partial charge >= 0.3 is 0 Å². The second-order valence-electron chi connectivity index (χ2n) is 15.1. The minimum Gasteiger partial charge on any atom is -0.456 e. The van der Waals surface area contributed by atoms with Gasteiger partial charge in [-0.2, -0.15) is 0 Å². The summed E-state index contributed by atoms with van der Waals surface area (Å²) in [7, 11) is 0. The van der Waals surface area contributed by atoms with Crippen LogP contribution >= 0.6 is 0 Å². The van der Waals surface area contributed by atoms with Crippen LogP contribution < -0.4 is 0 Å². The Morgan fingerprint density at radius 2 is 0.967 bits per heavy atom. The molecule has 0 saturated heterocycles. The lowest BCUT2D eigenvalue weighted by Gasteiger charge is -2.14. The van der Waals surface area contributed by atoms with Crippen LogP contribution in [0.1, 0.15) is 18.3 Å². The van der Waals surface area contributed by atoms with Crippen LogP contribution in [0.2, 0.25) is 0 Å². The fraction of sp³-hybridized carbons (Fsp3) is 0.0179. The Balaban J connectivity index is 1.11. The van der Waals surface area contributed by atoms with Gasteiger partial charge in [0.15, 0.2) is 17.5 Å². The molecule has 0 aliphatic carbocycles. The first-order valence-electron chi connectivity index (χ1n) is 20.3. The number of hydrogen-bond donors (Lipinski definition) is 0. The zero-order valence-electron chi connectivity index (χ0n) is 32.9. The summed E-state index contributed by atoms with van der Waals surface area (Å²) in [5.41, 5.74) is 10.2. The van der Waals surface area contributed by atoms with Crippen molar-refractivity contribution < 1.29 is 4.42 Å². The largest absolute Gasteiger partial charge is 0.456 e. The van der Waals surface area contributed by atoms with E-state index < -0.39 is 0 Å². The Kier molecular flexibility index (Phi) is 8.67. The highest BCUT2D eigenvalue weighted by Crippen LogP contribution is 2.41. The highest BCUT2D eigenvalue weighted by Gasteiger charge is 2.19. The van der Waals surface area contributed by atoms with Crippen molar-refractivity contribution in [1.29, 1.82) is 0 Å². The van der Waals surface area contributed by atoms with Crippen molar-refractivity contribution in [2.75, 3.05) is 0 Å². The van der Waals surface area contributed by atoms with E-state index in [-0.39, 0.29) is 0 Å². The van der Waals surface area contributed by atoms with Crippen LogP contribution in [0.3, 0.4) is 0 Å². The Labute approximate surface area is 347 Å². The summed E-state index contributed by atoms with van der Waals surface area (Å²) in [6.45, 7) is 2.03. The van der Waals surface area contributed by atoms with Gasteiger partial charge in [-0.1, -0.05) is 188 Å². The fourth-order valence-electron chi connectivity index (χ4n) is 8.68. The Morgan fingerprint density at radius 3 is 1.78 bits per heavy atom. The molecule has 11 aromatic rings. The molecule has 2 heterocycles. The van der Waals surface area contributed by atoms with Crippen molar-refractivity contribution in [2.45, 2.75) is 6.92 Å². The molecule has 0 aliphatic rings. The van der Waals surface area contributed by atoms with E-state index in [1.807, 2.05) is 31.2 Å². The van der Waals surface area contributed by atoms with E-state index in [1.165, 1.54) is 27.1 Å². The molecule has 11 rings (SSSR count). The van der Waals surface area contributed by atoms with Gasteiger partial charge in [0.05, 0.1) is 0 Å². The Bertz CT molecular complexity index is 3490. The molecule has 0 spiro atoms. The van der Waals surface area contributed by atoms with Crippen molar-refractivity contribution in [3.05, 3.63) is 212 Å². The van der Waals surface area contributed by atoms with Crippen molar-refractivity contribution in [2.24, 2.45) is 0 Å². The predicted octanol–water partition coefficient (Wildman–Crippen LogP) is 15.0. The standard InChI is InChI=1S/C56H37N3O/c1-2-14-41(35-40-19-9-17-36-15-3-5-20-42(36)40)55-57-54(39-33-31-38(32-34-39)44-23-10-18-37-16-4-6-21-43(37)44)58-56(59-55)49-28-12-24-45-46(25-11-26-47(45)49)48-27-13-30-52-53(48)50-22-7-8-29-51(50)60-52/h2-35H,1H3/b14-2-,41-35+. The van der Waals surface area contributed by atoms with Crippen LogP contribution in [-0.2, 0) is 0 Å². The molecule has 0 bridgehead atoms. The molecule has 0 atom stereocenters. The minimum absolute atomic E-state index is 0.599. The number of rotatable bonds is 7. The molecule has 0 N–H and O–H groups in total. The zero-order valence-corrected chi connectivity index (χ0v) is 32.9. The van der Waals surface area contributed by atoms with Crippen LogP contribution in [0.4, 0.5) is 0 Å². The molecular formula is C56H37N3O. The molecule has 0 aliphatic heterocycles. The first-order valence-corrected chi connectivity index (χ1v) is 20.3. The predicted molar refractivity (Wildman–Crippen MR) is 250 cm³/mol. The highest BCUT2D eigenvalue weighted by molar-refractivity contribution is 6.16. The molecule has 60 heavy (non-hydrogen) atoms. The van der Waals surface area contributed by atoms with Gasteiger partial charge in [-0.3, -0.25) is 0 Å². The van der Waals surface area contributed by atoms with Gasteiger partial charge in [0.25, 0.3) is 0 Å². The molecule has 2 aromatic heterocycles. The highest BCUT2D eigenvalue weighted by atomic mass is 16.3. The average Bonchev–Trinajstić information content (AvgIpc) is 3.70. The van der Waals surface area contributed by atoms with E-state index in [1.54, 1.807) is 0 Å². The van der Waals surface area contributed by atoms with E-state index in [0.29, 0.717) is 17.5 Å². The monoisotopic (exact) mass is 767 g/mol. The molecule has 4 nitrogen and oxygen atoms in total. The van der Waals surface area contributed by atoms with Gasteiger partial charge < -0.3 is 4.42 Å². The van der Waals surface area contributed by atoms with E-state index in [0.717, 1.165) is 71.7 Å². The van der Waals surface area contributed by atoms with Crippen LogP contribution in [0.5, 0.6) is 0 Å². The average molecular weight is 768 g/mol. The first-order chi connectivity index (χ1) is 29.7. The smallest absolute Gasteiger partial charge is 0.164 e. The lowest BCUT2D eigenvalue weighted by atomic mass is 9.93. The lowest BCUT2D eigenvalue weighted by Crippen LogP contribution is -2.03. The Hall–Kier alpha value is -7.95. The van der Waals surface area contributed by atoms with Crippen molar-refractivity contribution in [3.8, 4) is 45.0 Å². The summed E-state index contributed by atoms with van der Waals surface area (Å²) in [5, 5.41) is 9.16. The van der Waals surface area contributed by atoms with Crippen molar-refractivity contribution in [1.82, 2.24) is 15.0 Å². The number of allylic oxidation sites excluding steroid dienone is 3. The molecule has 0 radical (unpaired) electrons. The lowest BCUT2D eigenvalue weighted by molar-refractivity contribution is 0.669. The maximum atomic E-state index is 6.31. The summed E-state index contributed by atoms with van der Waals surface area (Å²) in [6.07, 6.45) is 6.32. The Morgan fingerprint density at radius 1 is 0.417 bits per heavy atom. The number of benzene rings is 9. The van der Waals surface area contributed by atoms with Crippen LogP contribution in [-0.4, -0.2) is 15.0 Å². The maximum absolute atomic E-state index is 6.31. The quantitative estimate of drug-likeness (QED) is 0.152. The third-order valence-corrected chi connectivity index (χ3v) is 11.5. The molecule has 9 aromatic carbocycles. The second kappa shape index (κ2) is 14.8. The topological polar surface area (TPSA) is 51.8 Å². The number of para-hydroxylation sites is 1. The molecular weight excluding hydrogens is 731 g/mol. The molecule has 0 amide bonds. The number of aromatic nitrogens is 3. The summed E-state index contributed by atoms with van der Waals surface area (Å²) >= 11 is 0. The molecule has 4 heteroatoms. The third-order valence-electron chi connectivity index (χ3n) is 11.5. The molecule has 0 saturated carbocycles. The van der Waals surface area contributed by atoms with Crippen LogP contribution in [0, 0.1) is 0 Å². The number of furan rings is 1. The number of fused-ring (bicyclic) bond motifs is 6. The van der Waals surface area contributed by atoms with Crippen LogP contribution in [0.25, 0.3) is 111 Å². The van der Waals surface area contributed by atoms with Gasteiger partial charge in [-0.25, -0.2) is 15.0 Å². The second-order valence-corrected chi connectivity index (χ2v) is 15.1. The van der Waals surface area contributed by atoms with Crippen molar-refractivity contribution in [3.63, 3.8) is 0 Å². The van der Waals surface area contributed by atoms with Crippen molar-refractivity contribution >= 4 is 65.9 Å². The summed E-state index contributed by atoms with van der Waals surface area (Å²) < 4.78 is 6.31. The summed E-state index contributed by atoms with van der Waals surface area (Å²) in [5.74, 6) is 1.81. The van der Waals surface area contributed by atoms with Gasteiger partial charge in [-0.15, -0.1) is 0 Å². The number of hydrogen-bond acceptors (Lipinski definition) is 4. The van der Waals surface area contributed by atoms with E-state index in [9.17, 15) is 0 Å². The van der Waals surface area contributed by atoms with E-state index in [2.05, 4.69) is 182 Å². The molecule has 0 fully saturated rings. The summed E-state index contributed by atoms with van der Waals surface area (Å²) in [6, 6.07) is 65.9. The minimum atomic E-state index is 0.599. The van der Waals surface area contributed by atoms with Gasteiger partial charge in [0, 0.05) is 27.5 Å². The van der Waals surface area contributed by atoms with Gasteiger partial charge in [0.2, 0.25) is 0 Å². The molecule has 0 unspecified atom stereocenters. The normalized spacial score (nSPS) is 12.1. The first kappa shape index (κ1) is 35.2. The van der Waals surface area contributed by atoms with Crippen LogP contribution in [0.15, 0.2) is 205 Å². The maximum Gasteiger partial charge on any atom is 0.164 e. The van der Waals surface area contributed by atoms with E-state index in [4.69, 9.17) is 19.4 Å². The zero-order chi connectivity index (χ0) is 40.0. The third kappa shape index (κ3) is 6.14. The summed E-state index contributed by atoms with van der Waals surface area (Å²) in [4.78, 5) is 15.8. The molecule has 282 valence electrons. The van der Waals surface area contributed by atoms with E-state index >= 15 is 0 Å². The fourth-order valence-corrected chi connectivity index (χ4v) is 8.68. The van der Waals surface area contributed by atoms with Gasteiger partial charge in [0.1, 0.15) is 11.2 Å². The SMILES string of the molecule is C/C=C\C(=C/c1cccc2ccccc12)c1nc(-c2ccc(-c3cccc4ccccc34)cc2)nc(-c2cccc3c(-c4cccc5oc6ccccc6c45)cccc23)n1. The van der Waals surface area contributed by atoms with Gasteiger partial charge in [-0.05, 0) is 85.3 Å². The number of nitrogens with zero attached hydrogens (tertiary/aromatic N) is 3.